The van der Waals surface area contributed by atoms with Gasteiger partial charge in [0.1, 0.15) is 11.1 Å². The second-order valence-corrected chi connectivity index (χ2v) is 6.89. The van der Waals surface area contributed by atoms with E-state index in [-0.39, 0.29) is 11.3 Å². The van der Waals surface area contributed by atoms with E-state index in [1.807, 2.05) is 47.5 Å². The largest absolute Gasteiger partial charge is 0.497 e. The molecule has 4 rings (SSSR count). The summed E-state index contributed by atoms with van der Waals surface area (Å²) in [5, 5.41) is 1.24. The molecule has 0 unspecified atom stereocenters. The Bertz CT molecular complexity index is 872. The van der Waals surface area contributed by atoms with Crippen LogP contribution in [0, 0.1) is 0 Å². The maximum absolute atomic E-state index is 12.4. The molecule has 1 aliphatic heterocycles. The van der Waals surface area contributed by atoms with E-state index in [4.69, 9.17) is 4.74 Å². The van der Waals surface area contributed by atoms with Gasteiger partial charge in [0.2, 0.25) is 5.91 Å². The highest BCUT2D eigenvalue weighted by molar-refractivity contribution is 8.00. The van der Waals surface area contributed by atoms with Crippen LogP contribution in [0.2, 0.25) is 0 Å². The third-order valence-electron chi connectivity index (χ3n) is 4.37. The first kappa shape index (κ1) is 15.1. The number of amides is 1. The summed E-state index contributed by atoms with van der Waals surface area (Å²) in [5.74, 6) is 1.54. The van der Waals surface area contributed by atoms with Gasteiger partial charge in [-0.25, -0.2) is 0 Å². The lowest BCUT2D eigenvalue weighted by Gasteiger charge is -2.24. The van der Waals surface area contributed by atoms with Crippen LogP contribution in [0.15, 0.2) is 54.7 Å². The smallest absolute Gasteiger partial charge is 0.234 e. The Balaban J connectivity index is 1.64. The maximum atomic E-state index is 12.4. The van der Waals surface area contributed by atoms with Crippen LogP contribution in [-0.2, 0) is 11.3 Å². The number of methoxy groups -OCH3 is 1. The fraction of sp³-hybridized carbons (Fsp3) is 0.211. The molecule has 1 aliphatic rings. The fourth-order valence-corrected chi connectivity index (χ4v) is 4.32. The van der Waals surface area contributed by atoms with E-state index in [0.717, 1.165) is 16.8 Å². The fourth-order valence-electron chi connectivity index (χ4n) is 3.11. The number of rotatable bonds is 4. The van der Waals surface area contributed by atoms with Gasteiger partial charge in [0.05, 0.1) is 12.9 Å². The van der Waals surface area contributed by atoms with E-state index in [1.54, 1.807) is 18.9 Å². The van der Waals surface area contributed by atoms with Gasteiger partial charge in [-0.15, -0.1) is 11.8 Å². The molecule has 1 fully saturated rings. The van der Waals surface area contributed by atoms with Crippen LogP contribution in [0.3, 0.4) is 0 Å². The molecule has 0 aliphatic carbocycles. The Morgan fingerprint density at radius 1 is 1.21 bits per heavy atom. The zero-order chi connectivity index (χ0) is 16.5. The highest BCUT2D eigenvalue weighted by Crippen LogP contribution is 2.42. The SMILES string of the molecule is COc1ccc(CN2C(=O)CS[C@H]2c2c[nH]c3ccccc23)cc1. The number of carbonyl (C=O) groups excluding carboxylic acids is 1. The average Bonchev–Trinajstić information content (AvgIpc) is 3.20. The van der Waals surface area contributed by atoms with Crippen molar-refractivity contribution in [1.29, 1.82) is 0 Å². The molecule has 0 spiro atoms. The lowest BCUT2D eigenvalue weighted by Crippen LogP contribution is -2.27. The number of aromatic amines is 1. The Morgan fingerprint density at radius 3 is 2.79 bits per heavy atom. The van der Waals surface area contributed by atoms with Gasteiger partial charge < -0.3 is 14.6 Å². The van der Waals surface area contributed by atoms with Gasteiger partial charge >= 0.3 is 0 Å². The van der Waals surface area contributed by atoms with Crippen molar-refractivity contribution in [1.82, 2.24) is 9.88 Å². The van der Waals surface area contributed by atoms with E-state index >= 15 is 0 Å². The number of H-pyrrole nitrogens is 1. The predicted molar refractivity (Wildman–Crippen MR) is 97.0 cm³/mol. The minimum absolute atomic E-state index is 0.0516. The number of aromatic nitrogens is 1. The molecule has 0 bridgehead atoms. The summed E-state index contributed by atoms with van der Waals surface area (Å²) in [6.07, 6.45) is 2.03. The quantitative estimate of drug-likeness (QED) is 0.783. The van der Waals surface area contributed by atoms with Gasteiger partial charge in [0.15, 0.2) is 0 Å². The van der Waals surface area contributed by atoms with Crippen LogP contribution in [0.25, 0.3) is 10.9 Å². The summed E-state index contributed by atoms with van der Waals surface area (Å²) in [6.45, 7) is 0.611. The molecule has 122 valence electrons. The van der Waals surface area contributed by atoms with Gasteiger partial charge in [-0.05, 0) is 23.8 Å². The zero-order valence-electron chi connectivity index (χ0n) is 13.4. The summed E-state index contributed by atoms with van der Waals surface area (Å²) in [5.41, 5.74) is 3.39. The number of benzene rings is 2. The Hall–Kier alpha value is -2.40. The predicted octanol–water partition coefficient (Wildman–Crippen LogP) is 3.95. The van der Waals surface area contributed by atoms with E-state index in [1.165, 1.54) is 10.9 Å². The molecule has 24 heavy (non-hydrogen) atoms. The number of carbonyl (C=O) groups is 1. The molecular formula is C19H18N2O2S. The van der Waals surface area contributed by atoms with Crippen LogP contribution in [-0.4, -0.2) is 28.7 Å². The number of hydrogen-bond acceptors (Lipinski definition) is 3. The van der Waals surface area contributed by atoms with Crippen molar-refractivity contribution in [2.45, 2.75) is 11.9 Å². The van der Waals surface area contributed by atoms with E-state index in [0.29, 0.717) is 12.3 Å². The van der Waals surface area contributed by atoms with Gasteiger partial charge in [-0.3, -0.25) is 4.79 Å². The molecule has 2 aromatic carbocycles. The maximum Gasteiger partial charge on any atom is 0.234 e. The zero-order valence-corrected chi connectivity index (χ0v) is 14.2. The first-order valence-electron chi connectivity index (χ1n) is 7.86. The molecular weight excluding hydrogens is 320 g/mol. The van der Waals surface area contributed by atoms with Crippen LogP contribution < -0.4 is 4.74 Å². The monoisotopic (exact) mass is 338 g/mol. The molecule has 1 saturated heterocycles. The number of ether oxygens (including phenoxy) is 1. The summed E-state index contributed by atoms with van der Waals surface area (Å²) in [6, 6.07) is 16.1. The summed E-state index contributed by atoms with van der Waals surface area (Å²) in [7, 11) is 1.66. The van der Waals surface area contributed by atoms with Crippen molar-refractivity contribution >= 4 is 28.6 Å². The summed E-state index contributed by atoms with van der Waals surface area (Å²) in [4.78, 5) is 17.7. The van der Waals surface area contributed by atoms with Crippen molar-refractivity contribution in [3.8, 4) is 5.75 Å². The summed E-state index contributed by atoms with van der Waals surface area (Å²) >= 11 is 1.69. The van der Waals surface area contributed by atoms with Gasteiger partial charge in [0.25, 0.3) is 0 Å². The normalized spacial score (nSPS) is 17.6. The molecule has 1 N–H and O–H groups in total. The van der Waals surface area contributed by atoms with Crippen LogP contribution in [0.1, 0.15) is 16.5 Å². The van der Waals surface area contributed by atoms with Gasteiger partial charge in [-0.1, -0.05) is 30.3 Å². The second kappa shape index (κ2) is 6.24. The minimum Gasteiger partial charge on any atom is -0.497 e. The van der Waals surface area contributed by atoms with Crippen molar-refractivity contribution in [2.24, 2.45) is 0 Å². The number of hydrogen-bond donors (Lipinski definition) is 1. The van der Waals surface area contributed by atoms with Crippen molar-refractivity contribution in [3.05, 3.63) is 65.9 Å². The molecule has 1 atom stereocenters. The molecule has 2 heterocycles. The van der Waals surface area contributed by atoms with Crippen molar-refractivity contribution in [2.75, 3.05) is 12.9 Å². The second-order valence-electron chi connectivity index (χ2n) is 5.82. The lowest BCUT2D eigenvalue weighted by atomic mass is 10.1. The molecule has 5 heteroatoms. The third-order valence-corrected chi connectivity index (χ3v) is 5.61. The first-order chi connectivity index (χ1) is 11.8. The topological polar surface area (TPSA) is 45.3 Å². The van der Waals surface area contributed by atoms with E-state index in [9.17, 15) is 4.79 Å². The Kier molecular flexibility index (Phi) is 3.94. The lowest BCUT2D eigenvalue weighted by molar-refractivity contribution is -0.128. The standard InChI is InChI=1S/C19H18N2O2S/c1-23-14-8-6-13(7-9-14)11-21-18(22)12-24-19(21)16-10-20-17-5-3-2-4-15(16)17/h2-10,19-20H,11-12H2,1H3/t19-/m0/s1. The van der Waals surface area contributed by atoms with Crippen LogP contribution >= 0.6 is 11.8 Å². The molecule has 0 saturated carbocycles. The third kappa shape index (κ3) is 2.65. The molecule has 4 nitrogen and oxygen atoms in total. The molecule has 3 aromatic rings. The average molecular weight is 338 g/mol. The van der Waals surface area contributed by atoms with Gasteiger partial charge in [-0.2, -0.15) is 0 Å². The van der Waals surface area contributed by atoms with Crippen LogP contribution in [0.5, 0.6) is 5.75 Å². The van der Waals surface area contributed by atoms with Gasteiger partial charge in [0, 0.05) is 29.2 Å². The van der Waals surface area contributed by atoms with Crippen molar-refractivity contribution in [3.63, 3.8) is 0 Å². The number of nitrogens with zero attached hydrogens (tertiary/aromatic N) is 1. The number of para-hydroxylation sites is 1. The van der Waals surface area contributed by atoms with E-state index in [2.05, 4.69) is 17.1 Å². The highest BCUT2D eigenvalue weighted by Gasteiger charge is 2.34. The van der Waals surface area contributed by atoms with E-state index < -0.39 is 0 Å². The highest BCUT2D eigenvalue weighted by atomic mass is 32.2. The molecule has 1 amide bonds. The Morgan fingerprint density at radius 2 is 2.00 bits per heavy atom. The summed E-state index contributed by atoms with van der Waals surface area (Å²) < 4.78 is 5.20. The number of nitrogens with one attached hydrogen (secondary N) is 1. The van der Waals surface area contributed by atoms with Crippen LogP contribution in [0.4, 0.5) is 0 Å². The first-order valence-corrected chi connectivity index (χ1v) is 8.91. The van der Waals surface area contributed by atoms with Crippen molar-refractivity contribution < 1.29 is 9.53 Å². The molecule has 1 aromatic heterocycles. The number of thioether (sulfide) groups is 1. The minimum atomic E-state index is 0.0516. The Labute approximate surface area is 144 Å². The molecule has 0 radical (unpaired) electrons. The number of fused-ring (bicyclic) bond motifs is 1.